The van der Waals surface area contributed by atoms with Crippen molar-refractivity contribution in [2.75, 3.05) is 83.9 Å². The van der Waals surface area contributed by atoms with Gasteiger partial charge in [0.15, 0.2) is 11.6 Å². The van der Waals surface area contributed by atoms with E-state index >= 15 is 0 Å². The summed E-state index contributed by atoms with van der Waals surface area (Å²) in [6.07, 6.45) is 8.67. The number of aromatic nitrogens is 4. The summed E-state index contributed by atoms with van der Waals surface area (Å²) in [5, 5.41) is 2.91. The van der Waals surface area contributed by atoms with Gasteiger partial charge in [-0.05, 0) is 69.4 Å². The molecule has 1 saturated carbocycles. The number of hydrogen-bond donors (Lipinski definition) is 1. The number of hydrogen-bond acceptors (Lipinski definition) is 16. The molecule has 2 saturated heterocycles. The molecule has 360 valence electrons. The van der Waals surface area contributed by atoms with E-state index in [2.05, 4.69) is 26.2 Å². The molecule has 1 unspecified atom stereocenters. The summed E-state index contributed by atoms with van der Waals surface area (Å²) < 4.78 is 24.5. The molecule has 4 aromatic rings. The number of nitrogens with zero attached hydrogens (tertiary/aromatic N) is 7. The highest BCUT2D eigenvalue weighted by molar-refractivity contribution is 6.24. The minimum Gasteiger partial charge on any atom is -0.485 e. The minimum absolute atomic E-state index is 0.000531. The van der Waals surface area contributed by atoms with Crippen molar-refractivity contribution in [3.05, 3.63) is 86.9 Å². The molecule has 19 heteroatoms. The molecular formula is C49H58N8O11. The van der Waals surface area contributed by atoms with Crippen LogP contribution < -0.4 is 20.5 Å². The number of imide groups is 2. The number of anilines is 1. The van der Waals surface area contributed by atoms with Gasteiger partial charge in [-0.1, -0.05) is 18.9 Å². The molecule has 0 spiro atoms. The van der Waals surface area contributed by atoms with E-state index in [1.165, 1.54) is 19.1 Å². The maximum atomic E-state index is 13.6. The summed E-state index contributed by atoms with van der Waals surface area (Å²) in [6, 6.07) is 7.54. The molecule has 0 bridgehead atoms. The Labute approximate surface area is 393 Å². The Bertz CT molecular complexity index is 2600. The highest BCUT2D eigenvalue weighted by Gasteiger charge is 2.46. The number of benzene rings is 1. The largest absolute Gasteiger partial charge is 0.485 e. The van der Waals surface area contributed by atoms with Crippen molar-refractivity contribution in [1.82, 2.24) is 34.6 Å². The maximum Gasteiger partial charge on any atom is 0.266 e. The molecule has 0 radical (unpaired) electrons. The van der Waals surface area contributed by atoms with Crippen LogP contribution in [-0.2, 0) is 35.0 Å². The molecule has 1 N–H and O–H groups in total. The van der Waals surface area contributed by atoms with Gasteiger partial charge in [-0.25, -0.2) is 9.97 Å². The molecular weight excluding hydrogens is 877 g/mol. The molecule has 19 nitrogen and oxygen atoms in total. The minimum atomic E-state index is -1.09. The fraction of sp³-hybridized carbons (Fsp3) is 0.510. The number of ether oxygens (including phenoxy) is 4. The Morgan fingerprint density at radius 1 is 0.824 bits per heavy atom. The van der Waals surface area contributed by atoms with E-state index in [1.807, 2.05) is 12.3 Å². The average Bonchev–Trinajstić information content (AvgIpc) is 3.95. The van der Waals surface area contributed by atoms with E-state index < -0.39 is 29.7 Å². The number of piperazine rings is 1. The van der Waals surface area contributed by atoms with Crippen LogP contribution in [0.25, 0.3) is 11.0 Å². The Morgan fingerprint density at radius 3 is 2.26 bits per heavy atom. The maximum absolute atomic E-state index is 13.6. The molecule has 4 aliphatic rings. The first-order valence-corrected chi connectivity index (χ1v) is 23.5. The third kappa shape index (κ3) is 11.0. The first-order chi connectivity index (χ1) is 33.0. The van der Waals surface area contributed by atoms with Gasteiger partial charge in [0.25, 0.3) is 17.4 Å². The number of rotatable bonds is 22. The van der Waals surface area contributed by atoms with Crippen LogP contribution >= 0.6 is 0 Å². The lowest BCUT2D eigenvalue weighted by atomic mass is 10.0. The van der Waals surface area contributed by atoms with Gasteiger partial charge in [0.1, 0.15) is 29.9 Å². The van der Waals surface area contributed by atoms with Gasteiger partial charge in [0.2, 0.25) is 11.8 Å². The predicted molar refractivity (Wildman–Crippen MR) is 247 cm³/mol. The number of carbonyl (C=O) groups excluding carboxylic acids is 6. The van der Waals surface area contributed by atoms with E-state index in [0.717, 1.165) is 80.1 Å². The second kappa shape index (κ2) is 22.2. The number of aryl methyl sites for hydroxylation is 1. The lowest BCUT2D eigenvalue weighted by Gasteiger charge is -2.35. The summed E-state index contributed by atoms with van der Waals surface area (Å²) in [5.41, 5.74) is 3.17. The van der Waals surface area contributed by atoms with Crippen LogP contribution in [0, 0.1) is 6.92 Å². The quantitative estimate of drug-likeness (QED) is 0.0678. The highest BCUT2D eigenvalue weighted by Crippen LogP contribution is 2.34. The summed E-state index contributed by atoms with van der Waals surface area (Å²) >= 11 is 0. The molecule has 68 heavy (non-hydrogen) atoms. The fourth-order valence-corrected chi connectivity index (χ4v) is 9.41. The SMILES string of the molecule is CC(=O)c1c(C)c2cnc(Cc3ccc(N4CCN(CCOCCOCCOCCCC(=O)COc5cccc6c5C(=O)N(C5CCC(=O)NC5=O)C6=O)CC4)cn3)nc2n(C2CCCC2)c1=O. The van der Waals surface area contributed by atoms with Crippen LogP contribution in [0.3, 0.4) is 0 Å². The third-order valence-corrected chi connectivity index (χ3v) is 13.0. The molecule has 3 aromatic heterocycles. The number of carbonyl (C=O) groups is 6. The van der Waals surface area contributed by atoms with Crippen LogP contribution in [0.4, 0.5) is 5.69 Å². The second-order valence-electron chi connectivity index (χ2n) is 17.6. The van der Waals surface area contributed by atoms with E-state index in [-0.39, 0.29) is 71.5 Å². The zero-order valence-electron chi connectivity index (χ0n) is 38.7. The Kier molecular flexibility index (Phi) is 15.7. The van der Waals surface area contributed by atoms with Crippen LogP contribution in [0.5, 0.6) is 5.75 Å². The first kappa shape index (κ1) is 48.2. The van der Waals surface area contributed by atoms with Crippen LogP contribution in [0.1, 0.15) is 112 Å². The van der Waals surface area contributed by atoms with Crippen molar-refractivity contribution >= 4 is 51.9 Å². The smallest absolute Gasteiger partial charge is 0.266 e. The van der Waals surface area contributed by atoms with Crippen LogP contribution in [0.2, 0.25) is 0 Å². The molecule has 6 heterocycles. The van der Waals surface area contributed by atoms with Crippen molar-refractivity contribution in [1.29, 1.82) is 0 Å². The summed E-state index contributed by atoms with van der Waals surface area (Å²) in [4.78, 5) is 109. The van der Waals surface area contributed by atoms with E-state index in [4.69, 9.17) is 28.9 Å². The van der Waals surface area contributed by atoms with Gasteiger partial charge in [-0.3, -0.25) is 58.2 Å². The molecule has 1 aliphatic carbocycles. The molecule has 1 aromatic carbocycles. The second-order valence-corrected chi connectivity index (χ2v) is 17.6. The standard InChI is InChI=1S/C49H58N8O11/c1-31-38-29-51-41(52-45(38)56(34-7-3-4-8-34)48(63)43(31)32(2)58)27-33-12-13-35(28-50-33)55-18-16-54(17-19-55)20-22-66-24-26-67-25-23-65-21-6-9-36(59)30-68-40-11-5-10-37-44(40)49(64)57(47(37)62)39-14-15-42(60)53-46(39)61/h5,10-13,28-29,34,39H,3-4,6-9,14-27,30H2,1-2H3,(H,53,60,61). The zero-order valence-corrected chi connectivity index (χ0v) is 38.7. The molecule has 3 fully saturated rings. The predicted octanol–water partition coefficient (Wildman–Crippen LogP) is 3.40. The number of amides is 4. The fourth-order valence-electron chi connectivity index (χ4n) is 9.41. The van der Waals surface area contributed by atoms with Gasteiger partial charge in [-0.15, -0.1) is 0 Å². The van der Waals surface area contributed by atoms with Crippen molar-refractivity contribution in [2.45, 2.75) is 83.7 Å². The highest BCUT2D eigenvalue weighted by atomic mass is 16.5. The van der Waals surface area contributed by atoms with Gasteiger partial charge >= 0.3 is 0 Å². The number of piperidine rings is 1. The number of pyridine rings is 2. The van der Waals surface area contributed by atoms with Crippen molar-refractivity contribution in [3.63, 3.8) is 0 Å². The number of nitrogens with one attached hydrogen (secondary N) is 1. The average molecular weight is 935 g/mol. The normalized spacial score (nSPS) is 17.9. The van der Waals surface area contributed by atoms with Crippen molar-refractivity contribution < 1.29 is 47.7 Å². The topological polar surface area (TPSA) is 222 Å². The monoisotopic (exact) mass is 934 g/mol. The molecule has 3 aliphatic heterocycles. The Hall–Kier alpha value is -6.28. The van der Waals surface area contributed by atoms with E-state index in [1.54, 1.807) is 23.8 Å². The molecule has 8 rings (SSSR count). The van der Waals surface area contributed by atoms with E-state index in [0.29, 0.717) is 69.5 Å². The summed E-state index contributed by atoms with van der Waals surface area (Å²) in [7, 11) is 0. The number of ketones is 2. The number of Topliss-reactive ketones (excluding diaryl/α,β-unsaturated/α-hetero) is 2. The van der Waals surface area contributed by atoms with Crippen LogP contribution in [0.15, 0.2) is 47.5 Å². The Balaban J connectivity index is 0.664. The van der Waals surface area contributed by atoms with Crippen molar-refractivity contribution in [2.24, 2.45) is 0 Å². The molecule has 4 amide bonds. The molecule has 1 atom stereocenters. The van der Waals surface area contributed by atoms with Gasteiger partial charge < -0.3 is 23.8 Å². The van der Waals surface area contributed by atoms with Crippen LogP contribution in [-0.4, -0.2) is 150 Å². The van der Waals surface area contributed by atoms with Gasteiger partial charge in [-0.2, -0.15) is 0 Å². The third-order valence-electron chi connectivity index (χ3n) is 13.0. The summed E-state index contributed by atoms with van der Waals surface area (Å²) in [6.45, 7) is 9.94. The van der Waals surface area contributed by atoms with Crippen molar-refractivity contribution in [3.8, 4) is 5.75 Å². The van der Waals surface area contributed by atoms with Gasteiger partial charge in [0, 0.05) is 75.5 Å². The first-order valence-electron chi connectivity index (χ1n) is 23.5. The van der Waals surface area contributed by atoms with E-state index in [9.17, 15) is 33.6 Å². The van der Waals surface area contributed by atoms with Gasteiger partial charge in [0.05, 0.1) is 68.0 Å². The lowest BCUT2D eigenvalue weighted by Crippen LogP contribution is -2.54. The zero-order chi connectivity index (χ0) is 47.7. The number of fused-ring (bicyclic) bond motifs is 2. The Morgan fingerprint density at radius 2 is 1.56 bits per heavy atom. The summed E-state index contributed by atoms with van der Waals surface area (Å²) in [5.74, 6) is -2.26. The lowest BCUT2D eigenvalue weighted by molar-refractivity contribution is -0.136.